The Morgan fingerprint density at radius 2 is 1.47 bits per heavy atom. The van der Waals surface area contributed by atoms with Crippen LogP contribution in [0.2, 0.25) is 0 Å². The molecule has 0 aliphatic carbocycles. The van der Waals surface area contributed by atoms with Crippen molar-refractivity contribution < 1.29 is 14.2 Å². The van der Waals surface area contributed by atoms with Gasteiger partial charge < -0.3 is 24.8 Å². The van der Waals surface area contributed by atoms with E-state index in [1.807, 2.05) is 60.7 Å². The number of hydrogen-bond acceptors (Lipinski definition) is 7. The number of aromatic nitrogens is 2. The van der Waals surface area contributed by atoms with Gasteiger partial charge in [-0.05, 0) is 36.5 Å². The Morgan fingerprint density at radius 1 is 0.906 bits per heavy atom. The molecular formula is C23H25N5O3S. The molecule has 0 amide bonds. The van der Waals surface area contributed by atoms with E-state index in [1.165, 1.54) is 0 Å². The number of morpholine rings is 1. The van der Waals surface area contributed by atoms with E-state index in [2.05, 4.69) is 25.5 Å². The molecule has 32 heavy (non-hydrogen) atoms. The molecule has 166 valence electrons. The van der Waals surface area contributed by atoms with Crippen LogP contribution in [0.5, 0.6) is 23.3 Å². The standard InChI is InChI=1S/C23H25N5O3S/c32-23(24-11-12-28-13-15-29-16-14-28)27-22-25-20(30-18-7-3-1-4-8-18)17-21(26-22)31-19-9-5-2-6-10-19/h1-10,17H,11-16H2,(H2,24,25,26,27,32). The van der Waals surface area contributed by atoms with Crippen LogP contribution >= 0.6 is 12.2 Å². The lowest BCUT2D eigenvalue weighted by molar-refractivity contribution is 0.0389. The molecule has 0 atom stereocenters. The third kappa shape index (κ3) is 6.88. The first-order chi connectivity index (χ1) is 15.7. The van der Waals surface area contributed by atoms with Crippen molar-refractivity contribution in [1.29, 1.82) is 0 Å². The average molecular weight is 452 g/mol. The number of nitrogens with one attached hydrogen (secondary N) is 2. The van der Waals surface area contributed by atoms with Crippen LogP contribution in [0.4, 0.5) is 5.95 Å². The van der Waals surface area contributed by atoms with Gasteiger partial charge in [-0.1, -0.05) is 36.4 Å². The molecule has 4 rings (SSSR count). The van der Waals surface area contributed by atoms with Crippen LogP contribution in [-0.4, -0.2) is 59.4 Å². The summed E-state index contributed by atoms with van der Waals surface area (Å²) >= 11 is 5.42. The van der Waals surface area contributed by atoms with E-state index in [9.17, 15) is 0 Å². The summed E-state index contributed by atoms with van der Waals surface area (Å²) in [7, 11) is 0. The molecule has 9 heteroatoms. The first-order valence-electron chi connectivity index (χ1n) is 10.4. The molecule has 0 radical (unpaired) electrons. The number of ether oxygens (including phenoxy) is 3. The Morgan fingerprint density at radius 3 is 2.03 bits per heavy atom. The number of thiocarbonyl (C=S) groups is 1. The quantitative estimate of drug-likeness (QED) is 0.499. The zero-order valence-electron chi connectivity index (χ0n) is 17.6. The zero-order chi connectivity index (χ0) is 22.0. The van der Waals surface area contributed by atoms with Crippen LogP contribution in [0.1, 0.15) is 0 Å². The van der Waals surface area contributed by atoms with Crippen LogP contribution in [0.15, 0.2) is 66.7 Å². The van der Waals surface area contributed by atoms with E-state index < -0.39 is 0 Å². The largest absolute Gasteiger partial charge is 0.439 e. The van der Waals surface area contributed by atoms with Crippen molar-refractivity contribution in [3.63, 3.8) is 0 Å². The van der Waals surface area contributed by atoms with Crippen LogP contribution in [0.3, 0.4) is 0 Å². The Kier molecular flexibility index (Phi) is 7.80. The number of benzene rings is 2. The minimum absolute atomic E-state index is 0.285. The number of rotatable bonds is 8. The van der Waals surface area contributed by atoms with Crippen LogP contribution in [0, 0.1) is 0 Å². The van der Waals surface area contributed by atoms with Crippen LogP contribution < -0.4 is 20.1 Å². The summed E-state index contributed by atoms with van der Waals surface area (Å²) in [5.74, 6) is 2.29. The van der Waals surface area contributed by atoms with Crippen LogP contribution in [-0.2, 0) is 4.74 Å². The Bertz CT molecular complexity index is 941. The van der Waals surface area contributed by atoms with Gasteiger partial charge in [0.25, 0.3) is 0 Å². The van der Waals surface area contributed by atoms with Crippen molar-refractivity contribution >= 4 is 23.3 Å². The number of nitrogens with zero attached hydrogens (tertiary/aromatic N) is 3. The lowest BCUT2D eigenvalue weighted by Crippen LogP contribution is -2.42. The predicted molar refractivity (Wildman–Crippen MR) is 127 cm³/mol. The Balaban J connectivity index is 1.42. The molecule has 2 N–H and O–H groups in total. The van der Waals surface area contributed by atoms with E-state index in [-0.39, 0.29) is 5.95 Å². The van der Waals surface area contributed by atoms with Gasteiger partial charge >= 0.3 is 0 Å². The fourth-order valence-electron chi connectivity index (χ4n) is 3.08. The summed E-state index contributed by atoms with van der Waals surface area (Å²) in [5.41, 5.74) is 0. The molecule has 8 nitrogen and oxygen atoms in total. The minimum Gasteiger partial charge on any atom is -0.439 e. The van der Waals surface area contributed by atoms with E-state index in [1.54, 1.807) is 6.07 Å². The van der Waals surface area contributed by atoms with Crippen LogP contribution in [0.25, 0.3) is 0 Å². The summed E-state index contributed by atoms with van der Waals surface area (Å²) in [6, 6.07) is 20.5. The number of hydrogen-bond donors (Lipinski definition) is 2. The fourth-order valence-corrected chi connectivity index (χ4v) is 3.27. The lowest BCUT2D eigenvalue weighted by Gasteiger charge is -2.26. The summed E-state index contributed by atoms with van der Waals surface area (Å²) in [4.78, 5) is 11.2. The first kappa shape index (κ1) is 21.9. The maximum absolute atomic E-state index is 5.89. The van der Waals surface area contributed by atoms with Gasteiger partial charge in [-0.2, -0.15) is 9.97 Å². The molecule has 1 aliphatic heterocycles. The summed E-state index contributed by atoms with van der Waals surface area (Å²) in [5, 5.41) is 6.65. The molecule has 0 saturated carbocycles. The van der Waals surface area contributed by atoms with Gasteiger partial charge in [-0.15, -0.1) is 0 Å². The molecule has 1 saturated heterocycles. The molecule has 1 fully saturated rings. The minimum atomic E-state index is 0.285. The molecule has 2 heterocycles. The van der Waals surface area contributed by atoms with Crippen molar-refractivity contribution in [3.8, 4) is 23.3 Å². The molecule has 1 aliphatic rings. The molecule has 2 aromatic carbocycles. The maximum atomic E-state index is 5.89. The molecule has 0 unspecified atom stereocenters. The highest BCUT2D eigenvalue weighted by Crippen LogP contribution is 2.26. The van der Waals surface area contributed by atoms with E-state index in [0.717, 1.165) is 32.8 Å². The topological polar surface area (TPSA) is 80.8 Å². The highest BCUT2D eigenvalue weighted by Gasteiger charge is 2.12. The van der Waals surface area contributed by atoms with Gasteiger partial charge in [0.15, 0.2) is 5.11 Å². The zero-order valence-corrected chi connectivity index (χ0v) is 18.4. The molecule has 0 spiro atoms. The van der Waals surface area contributed by atoms with Crippen molar-refractivity contribution in [2.24, 2.45) is 0 Å². The Hall–Kier alpha value is -3.27. The SMILES string of the molecule is S=C(NCCN1CCOCC1)Nc1nc(Oc2ccccc2)cc(Oc2ccccc2)n1. The van der Waals surface area contributed by atoms with Gasteiger partial charge in [0.05, 0.1) is 19.3 Å². The molecule has 3 aromatic rings. The lowest BCUT2D eigenvalue weighted by atomic mass is 10.3. The number of para-hydroxylation sites is 2. The second kappa shape index (κ2) is 11.4. The van der Waals surface area contributed by atoms with Gasteiger partial charge in [0.1, 0.15) is 11.5 Å². The molecular weight excluding hydrogens is 426 g/mol. The van der Waals surface area contributed by atoms with Crippen molar-refractivity contribution in [2.45, 2.75) is 0 Å². The predicted octanol–water partition coefficient (Wildman–Crippen LogP) is 3.68. The smallest absolute Gasteiger partial charge is 0.235 e. The van der Waals surface area contributed by atoms with Crippen molar-refractivity contribution in [2.75, 3.05) is 44.7 Å². The molecule has 1 aromatic heterocycles. The highest BCUT2D eigenvalue weighted by molar-refractivity contribution is 7.80. The highest BCUT2D eigenvalue weighted by atomic mass is 32.1. The summed E-state index contributed by atoms with van der Waals surface area (Å²) in [6.07, 6.45) is 0. The Labute approximate surface area is 192 Å². The van der Waals surface area contributed by atoms with E-state index in [0.29, 0.717) is 34.9 Å². The van der Waals surface area contributed by atoms with Gasteiger partial charge in [0.2, 0.25) is 17.7 Å². The monoisotopic (exact) mass is 451 g/mol. The third-order valence-corrected chi connectivity index (χ3v) is 4.90. The number of anilines is 1. The summed E-state index contributed by atoms with van der Waals surface area (Å²) < 4.78 is 17.1. The average Bonchev–Trinajstić information content (AvgIpc) is 2.81. The second-order valence-corrected chi connectivity index (χ2v) is 7.44. The van der Waals surface area contributed by atoms with Gasteiger partial charge in [0, 0.05) is 26.2 Å². The normalized spacial score (nSPS) is 13.9. The maximum Gasteiger partial charge on any atom is 0.235 e. The van der Waals surface area contributed by atoms with Gasteiger partial charge in [-0.3, -0.25) is 4.90 Å². The van der Waals surface area contributed by atoms with E-state index >= 15 is 0 Å². The molecule has 0 bridgehead atoms. The second-order valence-electron chi connectivity index (χ2n) is 7.03. The van der Waals surface area contributed by atoms with E-state index in [4.69, 9.17) is 26.4 Å². The first-order valence-corrected chi connectivity index (χ1v) is 10.9. The van der Waals surface area contributed by atoms with Crippen molar-refractivity contribution in [1.82, 2.24) is 20.2 Å². The van der Waals surface area contributed by atoms with Gasteiger partial charge in [-0.25, -0.2) is 0 Å². The third-order valence-electron chi connectivity index (χ3n) is 4.65. The summed E-state index contributed by atoms with van der Waals surface area (Å²) in [6.45, 7) is 5.00. The van der Waals surface area contributed by atoms with Crippen molar-refractivity contribution in [3.05, 3.63) is 66.7 Å². The fraction of sp³-hybridized carbons (Fsp3) is 0.261.